The molecule has 2 N–H and O–H groups in total. The molecule has 33 heavy (non-hydrogen) atoms. The summed E-state index contributed by atoms with van der Waals surface area (Å²) in [7, 11) is 4.75. The van der Waals surface area contributed by atoms with Crippen LogP contribution in [-0.4, -0.2) is 48.3 Å². The lowest BCUT2D eigenvalue weighted by Crippen LogP contribution is -2.31. The number of benzene rings is 2. The van der Waals surface area contributed by atoms with Crippen LogP contribution in [0.5, 0.6) is 17.2 Å². The summed E-state index contributed by atoms with van der Waals surface area (Å²) < 4.78 is 18.1. The fourth-order valence-electron chi connectivity index (χ4n) is 3.80. The van der Waals surface area contributed by atoms with Crippen molar-refractivity contribution in [3.05, 3.63) is 59.3 Å². The average Bonchev–Trinajstić information content (AvgIpc) is 3.25. The van der Waals surface area contributed by atoms with E-state index in [9.17, 15) is 4.79 Å². The number of thioether (sulfide) groups is 1. The molecule has 2 aromatic carbocycles. The molecule has 0 saturated carbocycles. The third-order valence-electron chi connectivity index (χ3n) is 5.34. The van der Waals surface area contributed by atoms with Crippen molar-refractivity contribution in [3.63, 3.8) is 0 Å². The molecule has 0 unspecified atom stereocenters. The van der Waals surface area contributed by atoms with Gasteiger partial charge in [0.2, 0.25) is 11.1 Å². The molecule has 1 aliphatic rings. The largest absolute Gasteiger partial charge is 0.497 e. The number of aromatic nitrogens is 3. The van der Waals surface area contributed by atoms with Gasteiger partial charge in [0.05, 0.1) is 26.9 Å². The molecule has 0 spiro atoms. The highest BCUT2D eigenvalue weighted by atomic mass is 32.2. The summed E-state index contributed by atoms with van der Waals surface area (Å²) in [5.41, 5.74) is 2.54. The van der Waals surface area contributed by atoms with Crippen LogP contribution in [0.3, 0.4) is 0 Å². The Morgan fingerprint density at radius 1 is 1.09 bits per heavy atom. The molecule has 1 amide bonds. The summed E-state index contributed by atoms with van der Waals surface area (Å²) in [5, 5.41) is 11.4. The highest BCUT2D eigenvalue weighted by Crippen LogP contribution is 2.43. The Morgan fingerprint density at radius 2 is 1.85 bits per heavy atom. The van der Waals surface area contributed by atoms with Gasteiger partial charge in [-0.15, -0.1) is 5.10 Å². The monoisotopic (exact) mass is 467 g/mol. The van der Waals surface area contributed by atoms with Gasteiger partial charge in [0, 0.05) is 16.9 Å². The van der Waals surface area contributed by atoms with Crippen molar-refractivity contribution < 1.29 is 19.0 Å². The van der Waals surface area contributed by atoms with Gasteiger partial charge in [0.25, 0.3) is 5.91 Å². The molecule has 9 nitrogen and oxygen atoms in total. The van der Waals surface area contributed by atoms with Gasteiger partial charge in [-0.3, -0.25) is 4.79 Å². The predicted octanol–water partition coefficient (Wildman–Crippen LogP) is 3.95. The fourth-order valence-corrected chi connectivity index (χ4v) is 4.15. The number of rotatable bonds is 7. The number of methoxy groups -OCH3 is 3. The second-order valence-electron chi connectivity index (χ2n) is 7.20. The minimum absolute atomic E-state index is 0.271. The number of ether oxygens (including phenoxy) is 3. The number of nitrogens with zero attached hydrogens (tertiary/aromatic N) is 3. The first-order valence-electron chi connectivity index (χ1n) is 10.1. The summed E-state index contributed by atoms with van der Waals surface area (Å²) in [4.78, 5) is 18.1. The van der Waals surface area contributed by atoms with E-state index >= 15 is 0 Å². The number of hydrogen-bond acceptors (Lipinski definition) is 8. The van der Waals surface area contributed by atoms with Crippen LogP contribution < -0.4 is 24.8 Å². The predicted molar refractivity (Wildman–Crippen MR) is 127 cm³/mol. The van der Waals surface area contributed by atoms with Crippen molar-refractivity contribution in [2.75, 3.05) is 38.2 Å². The van der Waals surface area contributed by atoms with Crippen molar-refractivity contribution in [2.45, 2.75) is 18.1 Å². The summed E-state index contributed by atoms with van der Waals surface area (Å²) >= 11 is 1.42. The van der Waals surface area contributed by atoms with Crippen molar-refractivity contribution >= 4 is 29.3 Å². The van der Waals surface area contributed by atoms with E-state index in [1.54, 1.807) is 50.3 Å². The average molecular weight is 468 g/mol. The minimum atomic E-state index is -0.585. The molecule has 10 heteroatoms. The molecule has 0 fully saturated rings. The number of anilines is 2. The quantitative estimate of drug-likeness (QED) is 0.504. The van der Waals surface area contributed by atoms with Crippen LogP contribution in [0.4, 0.5) is 11.6 Å². The highest BCUT2D eigenvalue weighted by Gasteiger charge is 2.36. The van der Waals surface area contributed by atoms with E-state index in [0.717, 1.165) is 5.56 Å². The molecular weight excluding hydrogens is 442 g/mol. The lowest BCUT2D eigenvalue weighted by atomic mass is 9.94. The molecule has 1 atom stereocenters. The van der Waals surface area contributed by atoms with E-state index in [1.807, 2.05) is 31.4 Å². The Bertz CT molecular complexity index is 1210. The van der Waals surface area contributed by atoms with Gasteiger partial charge in [-0.05, 0) is 43.5 Å². The van der Waals surface area contributed by atoms with E-state index in [-0.39, 0.29) is 5.91 Å². The van der Waals surface area contributed by atoms with Gasteiger partial charge in [-0.25, -0.2) is 4.68 Å². The molecule has 0 saturated heterocycles. The molecule has 4 rings (SSSR count). The summed E-state index contributed by atoms with van der Waals surface area (Å²) in [6, 6.07) is 12.1. The number of amides is 1. The lowest BCUT2D eigenvalue weighted by Gasteiger charge is -2.29. The minimum Gasteiger partial charge on any atom is -0.497 e. The summed E-state index contributed by atoms with van der Waals surface area (Å²) in [5.74, 6) is 2.08. The van der Waals surface area contributed by atoms with Gasteiger partial charge in [-0.2, -0.15) is 4.98 Å². The van der Waals surface area contributed by atoms with E-state index in [4.69, 9.17) is 14.2 Å². The van der Waals surface area contributed by atoms with E-state index in [0.29, 0.717) is 45.3 Å². The Hall–Kier alpha value is -3.66. The van der Waals surface area contributed by atoms with E-state index in [2.05, 4.69) is 20.7 Å². The first kappa shape index (κ1) is 22.5. The van der Waals surface area contributed by atoms with Gasteiger partial charge < -0.3 is 24.8 Å². The SMILES string of the molecule is COc1ccc(NC(=O)C2=C(C)Nc3nc(SC)nn3[C@@H]2c2cccc(OC)c2OC)cc1. The maximum Gasteiger partial charge on any atom is 0.255 e. The van der Waals surface area contributed by atoms with Crippen molar-refractivity contribution in [3.8, 4) is 17.2 Å². The van der Waals surface area contributed by atoms with Crippen LogP contribution in [0.2, 0.25) is 0 Å². The Labute approximate surface area is 196 Å². The van der Waals surface area contributed by atoms with Crippen molar-refractivity contribution in [2.24, 2.45) is 0 Å². The Kier molecular flexibility index (Phi) is 6.45. The second kappa shape index (κ2) is 9.45. The van der Waals surface area contributed by atoms with Crippen LogP contribution in [0.1, 0.15) is 18.5 Å². The number of allylic oxidation sites excluding steroid dienone is 1. The van der Waals surface area contributed by atoms with Crippen LogP contribution in [0.15, 0.2) is 58.9 Å². The molecule has 0 radical (unpaired) electrons. The highest BCUT2D eigenvalue weighted by molar-refractivity contribution is 7.98. The Balaban J connectivity index is 1.82. The number of fused-ring (bicyclic) bond motifs is 1. The number of para-hydroxylation sites is 1. The molecule has 1 aliphatic heterocycles. The molecule has 0 bridgehead atoms. The summed E-state index contributed by atoms with van der Waals surface area (Å²) in [6.45, 7) is 1.85. The standard InChI is InChI=1S/C23H25N5O4S/c1-13-18(21(29)25-14-9-11-15(30-2)12-10-14)19(28-22(24-13)26-23(27-28)33-5)16-7-6-8-17(31-3)20(16)32-4/h6-12,19H,1-5H3,(H,25,29)(H,24,26,27)/t19-/m1/s1. The maximum atomic E-state index is 13.6. The number of carbonyl (C=O) groups is 1. The van der Waals surface area contributed by atoms with Crippen molar-refractivity contribution in [1.82, 2.24) is 14.8 Å². The van der Waals surface area contributed by atoms with E-state index < -0.39 is 6.04 Å². The molecular formula is C23H25N5O4S. The molecule has 2 heterocycles. The lowest BCUT2D eigenvalue weighted by molar-refractivity contribution is -0.113. The molecule has 172 valence electrons. The first-order chi connectivity index (χ1) is 16.0. The zero-order valence-electron chi connectivity index (χ0n) is 19.0. The summed E-state index contributed by atoms with van der Waals surface area (Å²) in [6.07, 6.45) is 1.90. The topological polar surface area (TPSA) is 99.5 Å². The van der Waals surface area contributed by atoms with Crippen LogP contribution >= 0.6 is 11.8 Å². The first-order valence-corrected chi connectivity index (χ1v) is 11.4. The second-order valence-corrected chi connectivity index (χ2v) is 7.97. The van der Waals surface area contributed by atoms with Crippen LogP contribution in [0, 0.1) is 0 Å². The van der Waals surface area contributed by atoms with Crippen LogP contribution in [-0.2, 0) is 4.79 Å². The van der Waals surface area contributed by atoms with E-state index in [1.165, 1.54) is 11.8 Å². The van der Waals surface area contributed by atoms with Gasteiger partial charge >= 0.3 is 0 Å². The number of hydrogen-bond donors (Lipinski definition) is 2. The molecule has 1 aromatic heterocycles. The number of carbonyl (C=O) groups excluding carboxylic acids is 1. The normalized spacial score (nSPS) is 14.9. The van der Waals surface area contributed by atoms with Gasteiger partial charge in [0.15, 0.2) is 11.5 Å². The smallest absolute Gasteiger partial charge is 0.255 e. The molecule has 3 aromatic rings. The van der Waals surface area contributed by atoms with Gasteiger partial charge in [-0.1, -0.05) is 23.9 Å². The van der Waals surface area contributed by atoms with Crippen LogP contribution in [0.25, 0.3) is 0 Å². The zero-order valence-corrected chi connectivity index (χ0v) is 19.8. The maximum absolute atomic E-state index is 13.6. The Morgan fingerprint density at radius 3 is 2.48 bits per heavy atom. The third kappa shape index (κ3) is 4.21. The zero-order chi connectivity index (χ0) is 23.5. The third-order valence-corrected chi connectivity index (χ3v) is 5.87. The number of nitrogens with one attached hydrogen (secondary N) is 2. The van der Waals surface area contributed by atoms with Gasteiger partial charge in [0.1, 0.15) is 11.8 Å². The fraction of sp³-hybridized carbons (Fsp3) is 0.261. The van der Waals surface area contributed by atoms with Crippen molar-refractivity contribution in [1.29, 1.82) is 0 Å². The molecule has 0 aliphatic carbocycles.